The second-order valence-corrected chi connectivity index (χ2v) is 5.41. The van der Waals surface area contributed by atoms with E-state index in [2.05, 4.69) is 29.5 Å². The van der Waals surface area contributed by atoms with Crippen molar-refractivity contribution in [2.45, 2.75) is 26.3 Å². The lowest BCUT2D eigenvalue weighted by atomic mass is 10.2. The average molecular weight is 329 g/mol. The van der Waals surface area contributed by atoms with Gasteiger partial charge in [-0.25, -0.2) is 4.98 Å². The third-order valence-electron chi connectivity index (χ3n) is 3.67. The van der Waals surface area contributed by atoms with Crippen LogP contribution in [0.2, 0.25) is 0 Å². The molecule has 2 aromatic rings. The predicted molar refractivity (Wildman–Crippen MR) is 95.1 cm³/mol. The van der Waals surface area contributed by atoms with E-state index in [4.69, 9.17) is 9.47 Å². The van der Waals surface area contributed by atoms with Crippen molar-refractivity contribution in [1.29, 1.82) is 0 Å². The van der Waals surface area contributed by atoms with E-state index in [1.807, 2.05) is 12.1 Å². The number of methoxy groups -OCH3 is 2. The maximum Gasteiger partial charge on any atom is 0.255 e. The summed E-state index contributed by atoms with van der Waals surface area (Å²) < 4.78 is 10.4. The number of benzene rings is 1. The van der Waals surface area contributed by atoms with Crippen LogP contribution in [-0.4, -0.2) is 31.2 Å². The molecule has 1 atom stereocenters. The zero-order valence-electron chi connectivity index (χ0n) is 14.4. The van der Waals surface area contributed by atoms with Crippen molar-refractivity contribution in [3.63, 3.8) is 0 Å². The van der Waals surface area contributed by atoms with Gasteiger partial charge in [-0.3, -0.25) is 4.79 Å². The standard InChI is InChI=1S/C18H23N3O3/c1-5-12(2)20-17-9-7-14(11-19-17)21-18(22)13-6-8-15(23-3)16(10-13)24-4/h6-12H,5H2,1-4H3,(H,19,20)(H,21,22). The summed E-state index contributed by atoms with van der Waals surface area (Å²) in [5.41, 5.74) is 1.11. The Balaban J connectivity index is 2.06. The molecule has 1 unspecified atom stereocenters. The first-order valence-electron chi connectivity index (χ1n) is 7.83. The van der Waals surface area contributed by atoms with Crippen molar-refractivity contribution in [2.75, 3.05) is 24.9 Å². The van der Waals surface area contributed by atoms with Crippen molar-refractivity contribution in [3.05, 3.63) is 42.1 Å². The summed E-state index contributed by atoms with van der Waals surface area (Å²) in [6.45, 7) is 4.20. The van der Waals surface area contributed by atoms with E-state index >= 15 is 0 Å². The number of hydrogen-bond donors (Lipinski definition) is 2. The number of carbonyl (C=O) groups is 1. The molecule has 6 heteroatoms. The second-order valence-electron chi connectivity index (χ2n) is 5.41. The first kappa shape index (κ1) is 17.6. The molecule has 2 rings (SSSR count). The number of aromatic nitrogens is 1. The maximum absolute atomic E-state index is 12.3. The van der Waals surface area contributed by atoms with Crippen LogP contribution in [0, 0.1) is 0 Å². The number of carbonyl (C=O) groups excluding carboxylic acids is 1. The van der Waals surface area contributed by atoms with Crippen LogP contribution in [0.4, 0.5) is 11.5 Å². The predicted octanol–water partition coefficient (Wildman–Crippen LogP) is 3.56. The molecule has 0 radical (unpaired) electrons. The van der Waals surface area contributed by atoms with Crippen LogP contribution in [-0.2, 0) is 0 Å². The van der Waals surface area contributed by atoms with E-state index in [0.717, 1.165) is 12.2 Å². The molecular formula is C18H23N3O3. The molecule has 1 heterocycles. The van der Waals surface area contributed by atoms with Crippen LogP contribution < -0.4 is 20.1 Å². The summed E-state index contributed by atoms with van der Waals surface area (Å²) in [6, 6.07) is 9.03. The van der Waals surface area contributed by atoms with E-state index in [0.29, 0.717) is 28.8 Å². The van der Waals surface area contributed by atoms with Gasteiger partial charge in [-0.15, -0.1) is 0 Å². The van der Waals surface area contributed by atoms with Gasteiger partial charge in [-0.2, -0.15) is 0 Å². The SMILES string of the molecule is CCC(C)Nc1ccc(NC(=O)c2ccc(OC)c(OC)c2)cn1. The Bertz CT molecular complexity index is 686. The third-order valence-corrected chi connectivity index (χ3v) is 3.67. The molecule has 128 valence electrons. The molecule has 0 saturated heterocycles. The minimum absolute atomic E-state index is 0.236. The zero-order valence-corrected chi connectivity index (χ0v) is 14.4. The number of nitrogens with zero attached hydrogens (tertiary/aromatic N) is 1. The lowest BCUT2D eigenvalue weighted by Gasteiger charge is -2.13. The Morgan fingerprint density at radius 1 is 1.17 bits per heavy atom. The molecular weight excluding hydrogens is 306 g/mol. The maximum atomic E-state index is 12.3. The molecule has 0 aliphatic heterocycles. The molecule has 0 aliphatic carbocycles. The average Bonchev–Trinajstić information content (AvgIpc) is 2.62. The van der Waals surface area contributed by atoms with E-state index in [-0.39, 0.29) is 5.91 Å². The van der Waals surface area contributed by atoms with Crippen molar-refractivity contribution in [3.8, 4) is 11.5 Å². The van der Waals surface area contributed by atoms with Gasteiger partial charge in [0.05, 0.1) is 26.1 Å². The fourth-order valence-corrected chi connectivity index (χ4v) is 2.09. The Morgan fingerprint density at radius 3 is 2.50 bits per heavy atom. The molecule has 0 fully saturated rings. The number of rotatable bonds is 7. The first-order valence-corrected chi connectivity index (χ1v) is 7.83. The van der Waals surface area contributed by atoms with E-state index in [9.17, 15) is 4.79 Å². The fraction of sp³-hybridized carbons (Fsp3) is 0.333. The number of ether oxygens (including phenoxy) is 2. The van der Waals surface area contributed by atoms with Crippen molar-refractivity contribution in [1.82, 2.24) is 4.98 Å². The van der Waals surface area contributed by atoms with E-state index in [1.165, 1.54) is 7.11 Å². The summed E-state index contributed by atoms with van der Waals surface area (Å²) in [5.74, 6) is 1.64. The Labute approximate surface area is 142 Å². The lowest BCUT2D eigenvalue weighted by molar-refractivity contribution is 0.102. The van der Waals surface area contributed by atoms with Gasteiger partial charge < -0.3 is 20.1 Å². The van der Waals surface area contributed by atoms with Crippen LogP contribution >= 0.6 is 0 Å². The van der Waals surface area contributed by atoms with Gasteiger partial charge in [-0.05, 0) is 43.7 Å². The molecule has 2 N–H and O–H groups in total. The Hall–Kier alpha value is -2.76. The number of pyridine rings is 1. The minimum Gasteiger partial charge on any atom is -0.493 e. The summed E-state index contributed by atoms with van der Waals surface area (Å²) in [5, 5.41) is 6.09. The molecule has 0 saturated carbocycles. The van der Waals surface area contributed by atoms with Crippen molar-refractivity contribution >= 4 is 17.4 Å². The van der Waals surface area contributed by atoms with Crippen LogP contribution in [0.3, 0.4) is 0 Å². The molecule has 1 aromatic carbocycles. The highest BCUT2D eigenvalue weighted by atomic mass is 16.5. The van der Waals surface area contributed by atoms with Crippen molar-refractivity contribution < 1.29 is 14.3 Å². The number of amides is 1. The highest BCUT2D eigenvalue weighted by Gasteiger charge is 2.11. The molecule has 0 bridgehead atoms. The van der Waals surface area contributed by atoms with Gasteiger partial charge in [0.1, 0.15) is 5.82 Å². The number of anilines is 2. The van der Waals surface area contributed by atoms with Gasteiger partial charge in [0, 0.05) is 11.6 Å². The van der Waals surface area contributed by atoms with Gasteiger partial charge >= 0.3 is 0 Å². The van der Waals surface area contributed by atoms with Crippen LogP contribution in [0.5, 0.6) is 11.5 Å². The Morgan fingerprint density at radius 2 is 1.92 bits per heavy atom. The molecule has 1 aromatic heterocycles. The minimum atomic E-state index is -0.236. The van der Waals surface area contributed by atoms with Gasteiger partial charge in [0.25, 0.3) is 5.91 Å². The normalized spacial score (nSPS) is 11.5. The summed E-state index contributed by atoms with van der Waals surface area (Å²) in [7, 11) is 3.09. The number of nitrogens with one attached hydrogen (secondary N) is 2. The number of hydrogen-bond acceptors (Lipinski definition) is 5. The van der Waals surface area contributed by atoms with Crippen LogP contribution in [0.25, 0.3) is 0 Å². The van der Waals surface area contributed by atoms with E-state index < -0.39 is 0 Å². The fourth-order valence-electron chi connectivity index (χ4n) is 2.09. The topological polar surface area (TPSA) is 72.5 Å². The van der Waals surface area contributed by atoms with E-state index in [1.54, 1.807) is 31.5 Å². The quantitative estimate of drug-likeness (QED) is 0.812. The molecule has 6 nitrogen and oxygen atoms in total. The summed E-state index contributed by atoms with van der Waals surface area (Å²) in [6.07, 6.45) is 2.64. The molecule has 24 heavy (non-hydrogen) atoms. The van der Waals surface area contributed by atoms with Gasteiger partial charge in [0.15, 0.2) is 11.5 Å². The summed E-state index contributed by atoms with van der Waals surface area (Å²) in [4.78, 5) is 16.6. The lowest BCUT2D eigenvalue weighted by Crippen LogP contribution is -2.15. The largest absolute Gasteiger partial charge is 0.493 e. The first-order chi connectivity index (χ1) is 11.6. The zero-order chi connectivity index (χ0) is 17.5. The summed E-state index contributed by atoms with van der Waals surface area (Å²) >= 11 is 0. The van der Waals surface area contributed by atoms with Crippen molar-refractivity contribution in [2.24, 2.45) is 0 Å². The van der Waals surface area contributed by atoms with Gasteiger partial charge in [-0.1, -0.05) is 6.92 Å². The monoisotopic (exact) mass is 329 g/mol. The molecule has 0 spiro atoms. The van der Waals surface area contributed by atoms with Crippen LogP contribution in [0.1, 0.15) is 30.6 Å². The molecule has 0 aliphatic rings. The van der Waals surface area contributed by atoms with Gasteiger partial charge in [0.2, 0.25) is 0 Å². The smallest absolute Gasteiger partial charge is 0.255 e. The second kappa shape index (κ2) is 8.19. The molecule has 1 amide bonds. The van der Waals surface area contributed by atoms with Crippen LogP contribution in [0.15, 0.2) is 36.5 Å². The third kappa shape index (κ3) is 4.38. The highest BCUT2D eigenvalue weighted by Crippen LogP contribution is 2.27. The highest BCUT2D eigenvalue weighted by molar-refractivity contribution is 6.04. The Kier molecular flexibility index (Phi) is 6.01.